The highest BCUT2D eigenvalue weighted by molar-refractivity contribution is 6.11. The molecule has 0 aliphatic rings. The molecule has 8 aromatic rings. The predicted octanol–water partition coefficient (Wildman–Crippen LogP) is 11.4. The molecule has 0 amide bonds. The van der Waals surface area contributed by atoms with E-state index in [1.165, 1.54) is 54.2 Å². The average molecular weight is 522 g/mol. The van der Waals surface area contributed by atoms with Crippen molar-refractivity contribution < 1.29 is 0 Å². The zero-order valence-corrected chi connectivity index (χ0v) is 22.5. The quantitative estimate of drug-likeness (QED) is 0.223. The third-order valence-electron chi connectivity index (χ3n) is 8.19. The second-order valence-corrected chi connectivity index (χ2v) is 10.6. The lowest BCUT2D eigenvalue weighted by atomic mass is 9.91. The van der Waals surface area contributed by atoms with Gasteiger partial charge in [0.15, 0.2) is 0 Å². The molecule has 0 saturated carbocycles. The number of rotatable bonds is 4. The molecular formula is C40H27N. The molecule has 0 fully saturated rings. The van der Waals surface area contributed by atoms with Crippen molar-refractivity contribution in [3.63, 3.8) is 0 Å². The fraction of sp³-hybridized carbons (Fsp3) is 0. The fourth-order valence-corrected chi connectivity index (χ4v) is 6.23. The summed E-state index contributed by atoms with van der Waals surface area (Å²) < 4.78 is 0. The Labute approximate surface area is 239 Å². The lowest BCUT2D eigenvalue weighted by Gasteiger charge is -2.29. The summed E-state index contributed by atoms with van der Waals surface area (Å²) in [7, 11) is 0. The maximum absolute atomic E-state index is 2.43. The van der Waals surface area contributed by atoms with E-state index in [4.69, 9.17) is 0 Å². The maximum atomic E-state index is 2.43. The van der Waals surface area contributed by atoms with Gasteiger partial charge in [0.2, 0.25) is 0 Å². The van der Waals surface area contributed by atoms with E-state index in [1.54, 1.807) is 0 Å². The van der Waals surface area contributed by atoms with Crippen LogP contribution in [-0.2, 0) is 0 Å². The molecule has 0 atom stereocenters. The Morgan fingerprint density at radius 1 is 0.317 bits per heavy atom. The highest BCUT2D eigenvalue weighted by atomic mass is 15.1. The van der Waals surface area contributed by atoms with Crippen LogP contribution in [0.1, 0.15) is 0 Å². The Balaban J connectivity index is 1.48. The molecular weight excluding hydrogens is 494 g/mol. The smallest absolute Gasteiger partial charge is 0.0546 e. The molecule has 0 heterocycles. The summed E-state index contributed by atoms with van der Waals surface area (Å²) in [5.74, 6) is 0. The molecule has 0 aliphatic carbocycles. The highest BCUT2D eigenvalue weighted by Crippen LogP contribution is 2.46. The van der Waals surface area contributed by atoms with Gasteiger partial charge in [0.1, 0.15) is 0 Å². The van der Waals surface area contributed by atoms with Crippen LogP contribution in [0.4, 0.5) is 17.1 Å². The summed E-state index contributed by atoms with van der Waals surface area (Å²) in [6.45, 7) is 0. The first kappa shape index (κ1) is 23.5. The first-order valence-electron chi connectivity index (χ1n) is 14.1. The second kappa shape index (κ2) is 9.66. The van der Waals surface area contributed by atoms with Crippen molar-refractivity contribution in [1.82, 2.24) is 0 Å². The Morgan fingerprint density at radius 3 is 1.41 bits per heavy atom. The normalized spacial score (nSPS) is 11.4. The Hall–Kier alpha value is -5.40. The number of hydrogen-bond acceptors (Lipinski definition) is 1. The number of anilines is 3. The summed E-state index contributed by atoms with van der Waals surface area (Å²) in [5.41, 5.74) is 5.90. The van der Waals surface area contributed by atoms with E-state index in [0.717, 1.165) is 17.1 Å². The zero-order chi connectivity index (χ0) is 27.2. The van der Waals surface area contributed by atoms with Crippen molar-refractivity contribution in [3.8, 4) is 11.1 Å². The van der Waals surface area contributed by atoms with Crippen LogP contribution in [0.2, 0.25) is 0 Å². The molecule has 0 radical (unpaired) electrons. The molecule has 41 heavy (non-hydrogen) atoms. The zero-order valence-electron chi connectivity index (χ0n) is 22.5. The van der Waals surface area contributed by atoms with Crippen molar-refractivity contribution in [2.45, 2.75) is 0 Å². The largest absolute Gasteiger partial charge is 0.310 e. The summed E-state index contributed by atoms with van der Waals surface area (Å²) in [5, 5.41) is 9.90. The van der Waals surface area contributed by atoms with Gasteiger partial charge in [-0.15, -0.1) is 0 Å². The predicted molar refractivity (Wildman–Crippen MR) is 177 cm³/mol. The van der Waals surface area contributed by atoms with Gasteiger partial charge in [-0.25, -0.2) is 0 Å². The molecule has 8 aromatic carbocycles. The van der Waals surface area contributed by atoms with Crippen LogP contribution in [0.3, 0.4) is 0 Å². The minimum absolute atomic E-state index is 1.13. The van der Waals surface area contributed by atoms with Crippen molar-refractivity contribution in [3.05, 3.63) is 164 Å². The van der Waals surface area contributed by atoms with Crippen LogP contribution in [0, 0.1) is 0 Å². The molecule has 0 spiro atoms. The minimum atomic E-state index is 1.13. The average Bonchev–Trinajstić information content (AvgIpc) is 3.04. The van der Waals surface area contributed by atoms with Gasteiger partial charge in [-0.1, -0.05) is 133 Å². The Morgan fingerprint density at radius 2 is 0.780 bits per heavy atom. The molecule has 0 aliphatic heterocycles. The van der Waals surface area contributed by atoms with E-state index in [0.29, 0.717) is 0 Å². The lowest BCUT2D eigenvalue weighted by Crippen LogP contribution is -2.11. The first-order valence-corrected chi connectivity index (χ1v) is 14.1. The number of nitrogens with zero attached hydrogens (tertiary/aromatic N) is 1. The van der Waals surface area contributed by atoms with E-state index in [9.17, 15) is 0 Å². The maximum Gasteiger partial charge on any atom is 0.0546 e. The van der Waals surface area contributed by atoms with E-state index in [1.807, 2.05) is 0 Å². The molecule has 1 nitrogen and oxygen atoms in total. The summed E-state index contributed by atoms with van der Waals surface area (Å²) in [6.07, 6.45) is 0. The van der Waals surface area contributed by atoms with Gasteiger partial charge in [0, 0.05) is 16.9 Å². The molecule has 0 N–H and O–H groups in total. The highest BCUT2D eigenvalue weighted by Gasteiger charge is 2.21. The van der Waals surface area contributed by atoms with Crippen LogP contribution < -0.4 is 4.90 Å². The van der Waals surface area contributed by atoms with Crippen LogP contribution in [0.15, 0.2) is 164 Å². The summed E-state index contributed by atoms with van der Waals surface area (Å²) in [4.78, 5) is 2.43. The van der Waals surface area contributed by atoms with E-state index < -0.39 is 0 Å². The van der Waals surface area contributed by atoms with E-state index in [-0.39, 0.29) is 0 Å². The number of hydrogen-bond donors (Lipinski definition) is 0. The lowest BCUT2D eigenvalue weighted by molar-refractivity contribution is 1.30. The number of fused-ring (bicyclic) bond motifs is 4. The molecule has 1 heteroatoms. The van der Waals surface area contributed by atoms with Gasteiger partial charge < -0.3 is 4.90 Å². The molecule has 0 unspecified atom stereocenters. The molecule has 0 aromatic heterocycles. The topological polar surface area (TPSA) is 3.24 Å². The van der Waals surface area contributed by atoms with Gasteiger partial charge in [-0.2, -0.15) is 0 Å². The van der Waals surface area contributed by atoms with Crippen molar-refractivity contribution in [2.75, 3.05) is 4.90 Å². The van der Waals surface area contributed by atoms with Crippen molar-refractivity contribution >= 4 is 60.2 Å². The van der Waals surface area contributed by atoms with Crippen molar-refractivity contribution in [2.24, 2.45) is 0 Å². The fourth-order valence-electron chi connectivity index (χ4n) is 6.23. The molecule has 0 bridgehead atoms. The second-order valence-electron chi connectivity index (χ2n) is 10.6. The van der Waals surface area contributed by atoms with Gasteiger partial charge in [0.05, 0.1) is 5.69 Å². The van der Waals surface area contributed by atoms with Crippen molar-refractivity contribution in [1.29, 1.82) is 0 Å². The Kier molecular flexibility index (Phi) is 5.53. The van der Waals surface area contributed by atoms with Crippen LogP contribution in [0.25, 0.3) is 54.2 Å². The van der Waals surface area contributed by atoms with Gasteiger partial charge in [0.25, 0.3) is 0 Å². The first-order chi connectivity index (χ1) is 20.3. The van der Waals surface area contributed by atoms with Gasteiger partial charge >= 0.3 is 0 Å². The monoisotopic (exact) mass is 521 g/mol. The SMILES string of the molecule is c1ccc2cc(N(c3ccc4ccccc4c3)c3ccc4ccccc4c3-c3cccc4ccccc34)ccc2c1. The van der Waals surface area contributed by atoms with E-state index >= 15 is 0 Å². The minimum Gasteiger partial charge on any atom is -0.310 e. The van der Waals surface area contributed by atoms with Gasteiger partial charge in [-0.3, -0.25) is 0 Å². The third-order valence-corrected chi connectivity index (χ3v) is 8.19. The number of benzene rings is 8. The van der Waals surface area contributed by atoms with Crippen LogP contribution in [0.5, 0.6) is 0 Å². The molecule has 192 valence electrons. The van der Waals surface area contributed by atoms with Crippen LogP contribution >= 0.6 is 0 Å². The Bertz CT molecular complexity index is 2140. The standard InChI is InChI=1S/C40H27N/c1-3-14-32-26-34(23-20-28(32)10-1)41(35-24-21-29-11-2-4-15-33(29)27-35)39-25-22-31-13-6-8-18-37(31)40(39)38-19-9-16-30-12-5-7-17-36(30)38/h1-27H. The van der Waals surface area contributed by atoms with Crippen LogP contribution in [-0.4, -0.2) is 0 Å². The summed E-state index contributed by atoms with van der Waals surface area (Å²) >= 11 is 0. The van der Waals surface area contributed by atoms with E-state index in [2.05, 4.69) is 169 Å². The summed E-state index contributed by atoms with van der Waals surface area (Å²) in [6, 6.07) is 59.4. The molecule has 8 rings (SSSR count). The third kappa shape index (κ3) is 4.02. The molecule has 0 saturated heterocycles. The van der Waals surface area contributed by atoms with Gasteiger partial charge in [-0.05, 0) is 79.0 Å².